The van der Waals surface area contributed by atoms with Gasteiger partial charge < -0.3 is 4.74 Å². The summed E-state index contributed by atoms with van der Waals surface area (Å²) < 4.78 is 5.76. The lowest BCUT2D eigenvalue weighted by atomic mass is 10.1. The Morgan fingerprint density at radius 1 is 1.06 bits per heavy atom. The van der Waals surface area contributed by atoms with Crippen LogP contribution in [0.3, 0.4) is 0 Å². The van der Waals surface area contributed by atoms with Crippen LogP contribution in [0.5, 0.6) is 5.75 Å². The lowest BCUT2D eigenvalue weighted by molar-refractivity contribution is 0.186. The van der Waals surface area contributed by atoms with Gasteiger partial charge in [0.05, 0.1) is 12.4 Å². The fraction of sp³-hybridized carbons (Fsp3) is 0.692. The molecule has 1 aliphatic heterocycles. The van der Waals surface area contributed by atoms with Crippen molar-refractivity contribution in [1.29, 1.82) is 0 Å². The van der Waals surface area contributed by atoms with Crippen LogP contribution < -0.4 is 10.1 Å². The van der Waals surface area contributed by atoms with Crippen LogP contribution in [-0.4, -0.2) is 22.7 Å². The first-order valence-electron chi connectivity index (χ1n) is 6.64. The summed E-state index contributed by atoms with van der Waals surface area (Å²) in [7, 11) is 0. The van der Waals surface area contributed by atoms with Crippen LogP contribution >= 0.6 is 0 Å². The summed E-state index contributed by atoms with van der Waals surface area (Å²) in [5.41, 5.74) is 0. The van der Waals surface area contributed by atoms with E-state index in [0.29, 0.717) is 5.92 Å². The molecule has 1 aromatic heterocycles. The van der Waals surface area contributed by atoms with Crippen molar-refractivity contribution >= 4 is 0 Å². The SMILES string of the molecule is c1nc(C2CCCC2)ncc1OC1CCCN1. The van der Waals surface area contributed by atoms with E-state index >= 15 is 0 Å². The Morgan fingerprint density at radius 3 is 2.47 bits per heavy atom. The molecule has 1 atom stereocenters. The molecule has 1 aliphatic carbocycles. The Labute approximate surface area is 102 Å². The molecule has 1 aromatic rings. The summed E-state index contributed by atoms with van der Waals surface area (Å²) in [5.74, 6) is 2.36. The van der Waals surface area contributed by atoms with Gasteiger partial charge in [-0.25, -0.2) is 9.97 Å². The van der Waals surface area contributed by atoms with Gasteiger partial charge in [-0.05, 0) is 32.2 Å². The van der Waals surface area contributed by atoms with Crippen LogP contribution in [-0.2, 0) is 0 Å². The number of ether oxygens (including phenoxy) is 1. The molecule has 2 fully saturated rings. The van der Waals surface area contributed by atoms with Gasteiger partial charge in [0.2, 0.25) is 0 Å². The average molecular weight is 233 g/mol. The van der Waals surface area contributed by atoms with Crippen molar-refractivity contribution in [3.05, 3.63) is 18.2 Å². The van der Waals surface area contributed by atoms with E-state index < -0.39 is 0 Å². The minimum Gasteiger partial charge on any atom is -0.472 e. The zero-order valence-corrected chi connectivity index (χ0v) is 10.1. The fourth-order valence-electron chi connectivity index (χ4n) is 2.70. The van der Waals surface area contributed by atoms with E-state index in [2.05, 4.69) is 15.3 Å². The van der Waals surface area contributed by atoms with Gasteiger partial charge in [-0.3, -0.25) is 5.32 Å². The number of nitrogens with zero attached hydrogens (tertiary/aromatic N) is 2. The Bertz CT molecular complexity index is 353. The molecule has 1 saturated carbocycles. The molecule has 3 rings (SSSR count). The molecule has 1 N–H and O–H groups in total. The molecule has 1 saturated heterocycles. The number of hydrogen-bond donors (Lipinski definition) is 1. The molecule has 4 heteroatoms. The second-order valence-corrected chi connectivity index (χ2v) is 4.96. The van der Waals surface area contributed by atoms with Crippen molar-refractivity contribution in [3.8, 4) is 5.75 Å². The first-order chi connectivity index (χ1) is 8.42. The minimum atomic E-state index is 0.149. The highest BCUT2D eigenvalue weighted by Crippen LogP contribution is 2.32. The highest BCUT2D eigenvalue weighted by molar-refractivity contribution is 5.14. The number of hydrogen-bond acceptors (Lipinski definition) is 4. The minimum absolute atomic E-state index is 0.149. The van der Waals surface area contributed by atoms with E-state index in [0.717, 1.165) is 24.5 Å². The maximum Gasteiger partial charge on any atom is 0.158 e. The molecule has 0 aromatic carbocycles. The van der Waals surface area contributed by atoms with Gasteiger partial charge >= 0.3 is 0 Å². The van der Waals surface area contributed by atoms with Gasteiger partial charge in [0, 0.05) is 5.92 Å². The van der Waals surface area contributed by atoms with Crippen molar-refractivity contribution in [2.24, 2.45) is 0 Å². The number of aromatic nitrogens is 2. The molecule has 2 aliphatic rings. The van der Waals surface area contributed by atoms with Crippen molar-refractivity contribution in [2.75, 3.05) is 6.54 Å². The molecule has 0 radical (unpaired) electrons. The maximum absolute atomic E-state index is 5.76. The van der Waals surface area contributed by atoms with Gasteiger partial charge in [-0.1, -0.05) is 12.8 Å². The van der Waals surface area contributed by atoms with E-state index in [9.17, 15) is 0 Å². The van der Waals surface area contributed by atoms with Gasteiger partial charge in [-0.2, -0.15) is 0 Å². The first kappa shape index (κ1) is 11.0. The van der Waals surface area contributed by atoms with Crippen molar-refractivity contribution in [1.82, 2.24) is 15.3 Å². The van der Waals surface area contributed by atoms with Gasteiger partial charge in [0.1, 0.15) is 12.1 Å². The third kappa shape index (κ3) is 2.57. The number of rotatable bonds is 3. The van der Waals surface area contributed by atoms with Gasteiger partial charge in [0.25, 0.3) is 0 Å². The van der Waals surface area contributed by atoms with E-state index in [1.807, 2.05) is 12.4 Å². The molecule has 0 spiro atoms. The summed E-state index contributed by atoms with van der Waals surface area (Å²) in [6, 6.07) is 0. The summed E-state index contributed by atoms with van der Waals surface area (Å²) in [4.78, 5) is 8.88. The zero-order valence-electron chi connectivity index (χ0n) is 10.1. The molecule has 17 heavy (non-hydrogen) atoms. The molecule has 0 bridgehead atoms. The summed E-state index contributed by atoms with van der Waals surface area (Å²) in [6.45, 7) is 1.05. The Kier molecular flexibility index (Phi) is 3.22. The van der Waals surface area contributed by atoms with Crippen molar-refractivity contribution in [2.45, 2.75) is 50.7 Å². The van der Waals surface area contributed by atoms with Gasteiger partial charge in [-0.15, -0.1) is 0 Å². The van der Waals surface area contributed by atoms with Crippen LogP contribution in [0.2, 0.25) is 0 Å². The Hall–Kier alpha value is -1.16. The lowest BCUT2D eigenvalue weighted by Gasteiger charge is -2.13. The fourth-order valence-corrected chi connectivity index (χ4v) is 2.70. The molecule has 92 valence electrons. The predicted molar refractivity (Wildman–Crippen MR) is 64.9 cm³/mol. The summed E-state index contributed by atoms with van der Waals surface area (Å²) in [5, 5.41) is 3.30. The monoisotopic (exact) mass is 233 g/mol. The maximum atomic E-state index is 5.76. The van der Waals surface area contributed by atoms with E-state index in [1.54, 1.807) is 0 Å². The molecule has 0 amide bonds. The smallest absolute Gasteiger partial charge is 0.158 e. The number of nitrogens with one attached hydrogen (secondary N) is 1. The summed E-state index contributed by atoms with van der Waals surface area (Å²) >= 11 is 0. The highest BCUT2D eigenvalue weighted by atomic mass is 16.5. The van der Waals surface area contributed by atoms with Crippen LogP contribution in [0.25, 0.3) is 0 Å². The first-order valence-corrected chi connectivity index (χ1v) is 6.64. The van der Waals surface area contributed by atoms with E-state index in [4.69, 9.17) is 4.74 Å². The van der Waals surface area contributed by atoms with Crippen molar-refractivity contribution < 1.29 is 4.74 Å². The lowest BCUT2D eigenvalue weighted by Crippen LogP contribution is -2.27. The topological polar surface area (TPSA) is 47.0 Å². The Morgan fingerprint density at radius 2 is 1.82 bits per heavy atom. The third-order valence-corrected chi connectivity index (χ3v) is 3.66. The second-order valence-electron chi connectivity index (χ2n) is 4.96. The molecule has 1 unspecified atom stereocenters. The van der Waals surface area contributed by atoms with Crippen LogP contribution in [0.15, 0.2) is 12.4 Å². The molecular formula is C13H19N3O. The second kappa shape index (κ2) is 5.00. The Balaban J connectivity index is 1.62. The van der Waals surface area contributed by atoms with Crippen LogP contribution in [0.4, 0.5) is 0 Å². The predicted octanol–water partition coefficient (Wildman–Crippen LogP) is 2.22. The standard InChI is InChI=1S/C13H19N3O/c1-2-5-10(4-1)13-15-8-11(9-16-13)17-12-6-3-7-14-12/h8-10,12,14H,1-7H2. The summed E-state index contributed by atoms with van der Waals surface area (Å²) in [6.07, 6.45) is 11.2. The van der Waals surface area contributed by atoms with Crippen LogP contribution in [0, 0.1) is 0 Å². The van der Waals surface area contributed by atoms with Crippen LogP contribution in [0.1, 0.15) is 50.3 Å². The average Bonchev–Trinajstić information content (AvgIpc) is 3.01. The van der Waals surface area contributed by atoms with E-state index in [-0.39, 0.29) is 6.23 Å². The molecule has 2 heterocycles. The van der Waals surface area contributed by atoms with Gasteiger partial charge in [0.15, 0.2) is 5.75 Å². The largest absolute Gasteiger partial charge is 0.472 e. The quantitative estimate of drug-likeness (QED) is 0.869. The zero-order chi connectivity index (χ0) is 11.5. The molecule has 4 nitrogen and oxygen atoms in total. The van der Waals surface area contributed by atoms with E-state index in [1.165, 1.54) is 32.1 Å². The normalized spacial score (nSPS) is 25.3. The highest BCUT2D eigenvalue weighted by Gasteiger charge is 2.20. The third-order valence-electron chi connectivity index (χ3n) is 3.66. The van der Waals surface area contributed by atoms with Crippen molar-refractivity contribution in [3.63, 3.8) is 0 Å². The molecular weight excluding hydrogens is 214 g/mol.